The van der Waals surface area contributed by atoms with Gasteiger partial charge in [0.2, 0.25) is 0 Å². The summed E-state index contributed by atoms with van der Waals surface area (Å²) >= 11 is 6.74. The Labute approximate surface area is 162 Å². The van der Waals surface area contributed by atoms with Gasteiger partial charge in [-0.25, -0.2) is 0 Å². The van der Waals surface area contributed by atoms with Gasteiger partial charge in [-0.05, 0) is 0 Å². The number of fused-ring (bicyclic) bond motifs is 1. The number of hydrogen-bond donors (Lipinski definition) is 0. The first-order chi connectivity index (χ1) is 11.5. The molecule has 2 aromatic carbocycles. The molecule has 0 fully saturated rings. The van der Waals surface area contributed by atoms with E-state index in [4.69, 9.17) is 5.26 Å². The van der Waals surface area contributed by atoms with E-state index in [0.717, 1.165) is 20.9 Å². The summed E-state index contributed by atoms with van der Waals surface area (Å²) in [5, 5.41) is 9.43. The van der Waals surface area contributed by atoms with Crippen molar-refractivity contribution in [2.75, 3.05) is 4.90 Å². The van der Waals surface area contributed by atoms with Crippen LogP contribution in [0.15, 0.2) is 45.3 Å². The second-order valence-corrected chi connectivity index (χ2v) is 8.57. The Morgan fingerprint density at radius 3 is 2.42 bits per heavy atom. The molecule has 0 bridgehead atoms. The molecular weight excluding hydrogens is 503 g/mol. The molecule has 0 aromatic heterocycles. The third kappa shape index (κ3) is 3.33. The van der Waals surface area contributed by atoms with Gasteiger partial charge < -0.3 is 0 Å². The summed E-state index contributed by atoms with van der Waals surface area (Å²) in [6, 6.07) is 11.3. The van der Waals surface area contributed by atoms with Crippen molar-refractivity contribution in [3.05, 3.63) is 62.0 Å². The Hall–Kier alpha value is -1.45. The summed E-state index contributed by atoms with van der Waals surface area (Å²) in [4.78, 5) is 28.2. The molecule has 0 N–H and O–H groups in total. The van der Waals surface area contributed by atoms with Gasteiger partial charge in [0.1, 0.15) is 0 Å². The van der Waals surface area contributed by atoms with Crippen LogP contribution in [0.3, 0.4) is 0 Å². The minimum absolute atomic E-state index is 0.0456. The maximum absolute atomic E-state index is 12.3. The van der Waals surface area contributed by atoms with Crippen molar-refractivity contribution in [1.29, 1.82) is 5.26 Å². The number of carbonyl (C=O) groups is 2. The third-order valence-electron chi connectivity index (χ3n) is 3.65. The topological polar surface area (TPSA) is 61.2 Å². The second-order valence-electron chi connectivity index (χ2n) is 5.20. The monoisotopic (exact) mass is 512 g/mol. The summed E-state index contributed by atoms with van der Waals surface area (Å²) in [7, 11) is 0. The molecule has 7 heteroatoms. The third-order valence-corrected chi connectivity index (χ3v) is 5.98. The molecular formula is C17H10Br2N2O2Se. The standard InChI is InChI=1S/C17H10Br2N2O2Se/c18-12-5-13-15(14(19)6-12)21(17(23)16(13)22)7-10-1-3-11(4-2-10)8-24-9-20/h1-6H,7-8H2. The summed E-state index contributed by atoms with van der Waals surface area (Å²) in [5.74, 6) is -0.999. The van der Waals surface area contributed by atoms with Crippen LogP contribution in [0.2, 0.25) is 0 Å². The summed E-state index contributed by atoms with van der Waals surface area (Å²) in [6.07, 6.45) is 0. The molecule has 0 radical (unpaired) electrons. The molecule has 1 aliphatic heterocycles. The molecule has 120 valence electrons. The Morgan fingerprint density at radius 1 is 1.08 bits per heavy atom. The molecule has 0 atom stereocenters. The van der Waals surface area contributed by atoms with Crippen LogP contribution in [0.4, 0.5) is 5.69 Å². The van der Waals surface area contributed by atoms with Crippen LogP contribution >= 0.6 is 31.9 Å². The number of anilines is 1. The van der Waals surface area contributed by atoms with Crippen molar-refractivity contribution < 1.29 is 9.59 Å². The number of carbonyl (C=O) groups excluding carboxylic acids is 2. The van der Waals surface area contributed by atoms with Crippen molar-refractivity contribution in [3.8, 4) is 4.97 Å². The number of Topliss-reactive ketones (excluding diaryl/α,β-unsaturated/α-hetero) is 1. The predicted octanol–water partition coefficient (Wildman–Crippen LogP) is 3.63. The van der Waals surface area contributed by atoms with Crippen LogP contribution in [-0.4, -0.2) is 26.6 Å². The van der Waals surface area contributed by atoms with Gasteiger partial charge in [0, 0.05) is 0 Å². The van der Waals surface area contributed by atoms with E-state index in [9.17, 15) is 9.59 Å². The van der Waals surface area contributed by atoms with E-state index in [1.807, 2.05) is 30.3 Å². The maximum atomic E-state index is 12.3. The molecule has 0 spiro atoms. The zero-order valence-corrected chi connectivity index (χ0v) is 17.1. The van der Waals surface area contributed by atoms with Crippen molar-refractivity contribution in [2.45, 2.75) is 11.9 Å². The first-order valence-electron chi connectivity index (χ1n) is 6.95. The second kappa shape index (κ2) is 7.20. The molecule has 0 saturated carbocycles. The zero-order chi connectivity index (χ0) is 17.3. The van der Waals surface area contributed by atoms with Crippen LogP contribution in [0.1, 0.15) is 21.5 Å². The van der Waals surface area contributed by atoms with Gasteiger partial charge in [-0.3, -0.25) is 0 Å². The fourth-order valence-corrected chi connectivity index (χ4v) is 4.87. The normalized spacial score (nSPS) is 13.1. The van der Waals surface area contributed by atoms with E-state index in [0.29, 0.717) is 22.3 Å². The fraction of sp³-hybridized carbons (Fsp3) is 0.118. The molecule has 1 aliphatic rings. The number of benzene rings is 2. The number of hydrogen-bond acceptors (Lipinski definition) is 3. The van der Waals surface area contributed by atoms with Crippen LogP contribution in [0.25, 0.3) is 0 Å². The van der Waals surface area contributed by atoms with Gasteiger partial charge in [0.15, 0.2) is 0 Å². The molecule has 24 heavy (non-hydrogen) atoms. The van der Waals surface area contributed by atoms with Gasteiger partial charge in [0.25, 0.3) is 0 Å². The Bertz CT molecular complexity index is 875. The van der Waals surface area contributed by atoms with Gasteiger partial charge in [-0.1, -0.05) is 0 Å². The van der Waals surface area contributed by atoms with Crippen molar-refractivity contribution >= 4 is 64.2 Å². The molecule has 3 rings (SSSR count). The fourth-order valence-electron chi connectivity index (χ4n) is 2.54. The Kier molecular flexibility index (Phi) is 5.21. The Balaban J connectivity index is 1.88. The van der Waals surface area contributed by atoms with Gasteiger partial charge in [-0.2, -0.15) is 0 Å². The summed E-state index contributed by atoms with van der Waals surface area (Å²) < 4.78 is 1.46. The molecule has 0 aliphatic carbocycles. The van der Waals surface area contributed by atoms with Crippen molar-refractivity contribution in [3.63, 3.8) is 0 Å². The number of nitrogens with zero attached hydrogens (tertiary/aromatic N) is 2. The van der Waals surface area contributed by atoms with Crippen molar-refractivity contribution in [2.24, 2.45) is 0 Å². The van der Waals surface area contributed by atoms with E-state index >= 15 is 0 Å². The Morgan fingerprint density at radius 2 is 1.75 bits per heavy atom. The van der Waals surface area contributed by atoms with Gasteiger partial charge >= 0.3 is 163 Å². The quantitative estimate of drug-likeness (QED) is 0.464. The minimum atomic E-state index is -0.513. The first kappa shape index (κ1) is 17.4. The average Bonchev–Trinajstić information content (AvgIpc) is 2.79. The SMILES string of the molecule is N#C[Se]Cc1ccc(CN2C(=O)C(=O)c3cc(Br)cc(Br)c32)cc1. The number of ketones is 1. The summed E-state index contributed by atoms with van der Waals surface area (Å²) in [6.45, 7) is 0.335. The van der Waals surface area contributed by atoms with Gasteiger partial charge in [-0.15, -0.1) is 0 Å². The molecule has 0 unspecified atom stereocenters. The van der Waals surface area contributed by atoms with Gasteiger partial charge in [0.05, 0.1) is 0 Å². The van der Waals surface area contributed by atoms with Crippen LogP contribution in [0.5, 0.6) is 0 Å². The van der Waals surface area contributed by atoms with E-state index in [-0.39, 0.29) is 15.0 Å². The number of nitriles is 1. The van der Waals surface area contributed by atoms with E-state index in [2.05, 4.69) is 36.8 Å². The number of halogens is 2. The summed E-state index contributed by atoms with van der Waals surface area (Å²) in [5.41, 5.74) is 3.07. The number of amides is 1. The van der Waals surface area contributed by atoms with E-state index < -0.39 is 11.7 Å². The first-order valence-corrected chi connectivity index (χ1v) is 10.6. The average molecular weight is 513 g/mol. The number of rotatable bonds is 4. The molecule has 0 saturated heterocycles. The molecule has 4 nitrogen and oxygen atoms in total. The molecule has 1 heterocycles. The van der Waals surface area contributed by atoms with E-state index in [1.54, 1.807) is 6.07 Å². The van der Waals surface area contributed by atoms with Crippen LogP contribution in [-0.2, 0) is 16.7 Å². The van der Waals surface area contributed by atoms with E-state index in [1.165, 1.54) is 4.90 Å². The predicted molar refractivity (Wildman–Crippen MR) is 98.9 cm³/mol. The van der Waals surface area contributed by atoms with Crippen molar-refractivity contribution in [1.82, 2.24) is 0 Å². The van der Waals surface area contributed by atoms with Crippen LogP contribution in [0, 0.1) is 10.2 Å². The molecule has 1 amide bonds. The molecule has 2 aromatic rings. The van der Waals surface area contributed by atoms with Crippen LogP contribution < -0.4 is 4.90 Å². The zero-order valence-electron chi connectivity index (χ0n) is 12.3.